The minimum atomic E-state index is -5.75. The molecule has 1 unspecified atom stereocenters. The van der Waals surface area contributed by atoms with Gasteiger partial charge in [-0.05, 0) is 20.8 Å². The summed E-state index contributed by atoms with van der Waals surface area (Å²) < 4.78 is 34.4. The summed E-state index contributed by atoms with van der Waals surface area (Å²) in [6.07, 6.45) is -1.40. The van der Waals surface area contributed by atoms with E-state index in [4.69, 9.17) is 31.2 Å². The van der Waals surface area contributed by atoms with Crippen LogP contribution in [0.15, 0.2) is 0 Å². The van der Waals surface area contributed by atoms with Crippen molar-refractivity contribution in [1.82, 2.24) is 0 Å². The molecule has 8 nitrogen and oxygen atoms in total. The number of rotatable bonds is 1. The van der Waals surface area contributed by atoms with Crippen molar-refractivity contribution in [3.8, 4) is 0 Å². The average molecular weight is 371 g/mol. The molecule has 13 heteroatoms. The second kappa shape index (κ2) is 25.7. The summed E-state index contributed by atoms with van der Waals surface area (Å²) in [6.45, 7) is 4.64. The zero-order valence-corrected chi connectivity index (χ0v) is 19.9. The summed E-state index contributed by atoms with van der Waals surface area (Å²) >= 11 is -5.75. The molecular formula is C6H14ClCrNa3O8. The molecule has 19 heavy (non-hydrogen) atoms. The second-order valence-electron chi connectivity index (χ2n) is 2.52. The molecule has 0 aromatic carbocycles. The van der Waals surface area contributed by atoms with Gasteiger partial charge in [0.1, 0.15) is 6.10 Å². The summed E-state index contributed by atoms with van der Waals surface area (Å²) in [5.41, 5.74) is 0. The summed E-state index contributed by atoms with van der Waals surface area (Å²) in [5, 5.41) is 23.8. The Morgan fingerprint density at radius 2 is 1.05 bits per heavy atom. The van der Waals surface area contributed by atoms with E-state index < -0.39 is 25.7 Å². The molecule has 0 aliphatic rings. The molecule has 1 atom stereocenters. The van der Waals surface area contributed by atoms with Crippen molar-refractivity contribution >= 4 is 5.97 Å². The number of hydrogen-bond donors (Lipinski definition) is 3. The molecule has 0 saturated carbocycles. The Hall–Kier alpha value is 2.73. The molecule has 0 aromatic heterocycles. The van der Waals surface area contributed by atoms with Crippen LogP contribution in [0.5, 0.6) is 0 Å². The number of carbonyl (C=O) groups is 1. The van der Waals surface area contributed by atoms with Gasteiger partial charge >= 0.3 is 124 Å². The molecule has 0 amide bonds. The predicted molar refractivity (Wildman–Crippen MR) is 38.0 cm³/mol. The van der Waals surface area contributed by atoms with Crippen LogP contribution >= 0.6 is 0 Å². The number of aliphatic hydroxyl groups is 2. The van der Waals surface area contributed by atoms with Crippen LogP contribution in [-0.2, 0) is 26.0 Å². The summed E-state index contributed by atoms with van der Waals surface area (Å²) in [7, 11) is 0. The SMILES string of the molecule is CC(C)O.CC(O)C(=O)O.[Cl-].[Na+].[Na+].[Na+].[O]=[Cr](=[O])([O-])[O-]. The van der Waals surface area contributed by atoms with Crippen LogP contribution in [0.4, 0.5) is 0 Å². The molecule has 0 aliphatic carbocycles. The van der Waals surface area contributed by atoms with Crippen molar-refractivity contribution in [3.05, 3.63) is 0 Å². The van der Waals surface area contributed by atoms with Gasteiger partial charge in [-0.15, -0.1) is 0 Å². The van der Waals surface area contributed by atoms with Gasteiger partial charge in [0.2, 0.25) is 0 Å². The summed E-state index contributed by atoms with van der Waals surface area (Å²) in [6, 6.07) is 0. The molecule has 0 radical (unpaired) electrons. The summed E-state index contributed by atoms with van der Waals surface area (Å²) in [5.74, 6) is -1.19. The van der Waals surface area contributed by atoms with Gasteiger partial charge < -0.3 is 27.7 Å². The molecule has 0 aromatic rings. The maximum absolute atomic E-state index is 9.45. The van der Waals surface area contributed by atoms with Gasteiger partial charge in [-0.3, -0.25) is 0 Å². The number of carboxylic acids is 1. The molecule has 0 rings (SSSR count). The number of aliphatic carboxylic acids is 1. The van der Waals surface area contributed by atoms with Gasteiger partial charge in [0.15, 0.2) is 0 Å². The Kier molecular flexibility index (Phi) is 58.2. The van der Waals surface area contributed by atoms with E-state index in [0.29, 0.717) is 0 Å². The number of carboxylic acid groups (broad SMARTS) is 1. The Morgan fingerprint density at radius 1 is 1.00 bits per heavy atom. The number of halogens is 1. The van der Waals surface area contributed by atoms with E-state index in [1.807, 2.05) is 0 Å². The first-order chi connectivity index (χ1) is 6.37. The van der Waals surface area contributed by atoms with Crippen LogP contribution < -0.4 is 109 Å². The van der Waals surface area contributed by atoms with E-state index in [-0.39, 0.29) is 107 Å². The van der Waals surface area contributed by atoms with Crippen molar-refractivity contribution in [2.24, 2.45) is 0 Å². The van der Waals surface area contributed by atoms with Crippen LogP contribution in [0.25, 0.3) is 0 Å². The first-order valence-electron chi connectivity index (χ1n) is 3.63. The summed E-state index contributed by atoms with van der Waals surface area (Å²) in [4.78, 5) is 9.45. The van der Waals surface area contributed by atoms with Gasteiger partial charge in [0.25, 0.3) is 0 Å². The van der Waals surface area contributed by atoms with E-state index >= 15 is 0 Å². The number of aliphatic hydroxyl groups excluding tert-OH is 2. The quantitative estimate of drug-likeness (QED) is 0.384. The Balaban J connectivity index is -0.0000000209. The average Bonchev–Trinajstić information content (AvgIpc) is 1.80. The Labute approximate surface area is 187 Å². The van der Waals surface area contributed by atoms with E-state index in [9.17, 15) is 4.79 Å². The van der Waals surface area contributed by atoms with Crippen molar-refractivity contribution in [3.63, 3.8) is 0 Å². The van der Waals surface area contributed by atoms with Crippen molar-refractivity contribution < 1.29 is 151 Å². The molecule has 0 fully saturated rings. The molecule has 0 aliphatic heterocycles. The van der Waals surface area contributed by atoms with Crippen molar-refractivity contribution in [2.45, 2.75) is 33.0 Å². The molecule has 0 bridgehead atoms. The van der Waals surface area contributed by atoms with E-state index in [2.05, 4.69) is 0 Å². The minimum absolute atomic E-state index is 0. The molecule has 102 valence electrons. The fraction of sp³-hybridized carbons (Fsp3) is 0.833. The fourth-order valence-electron chi connectivity index (χ4n) is 0. The van der Waals surface area contributed by atoms with Crippen LogP contribution in [-0.4, -0.2) is 33.5 Å². The van der Waals surface area contributed by atoms with Crippen LogP contribution in [0.3, 0.4) is 0 Å². The Morgan fingerprint density at radius 3 is 1.05 bits per heavy atom. The van der Waals surface area contributed by atoms with Crippen LogP contribution in [0.1, 0.15) is 20.8 Å². The molecule has 0 spiro atoms. The van der Waals surface area contributed by atoms with E-state index in [0.717, 1.165) is 0 Å². The van der Waals surface area contributed by atoms with E-state index in [1.54, 1.807) is 13.8 Å². The number of hydrogen-bond acceptors (Lipinski definition) is 7. The zero-order valence-electron chi connectivity index (χ0n) is 11.8. The third kappa shape index (κ3) is 161. The molecular weight excluding hydrogens is 356 g/mol. The fourth-order valence-corrected chi connectivity index (χ4v) is 0. The zero-order chi connectivity index (χ0) is 13.2. The van der Waals surface area contributed by atoms with Crippen molar-refractivity contribution in [2.75, 3.05) is 0 Å². The normalized spacial score (nSPS) is 9.26. The van der Waals surface area contributed by atoms with Crippen LogP contribution in [0, 0.1) is 0 Å². The van der Waals surface area contributed by atoms with Gasteiger partial charge in [-0.1, -0.05) is 0 Å². The Bertz CT molecular complexity index is 248. The standard InChI is InChI=1S/C3H6O3.C3H8O.ClH.Cr.3Na.4O/c1-2(4)3(5)6;1-3(2)4;;;;;;;;;/h2,4H,1H3,(H,5,6);3-4H,1-2H3;1H;;;;;;;;/q;;;;3*+1;;;2*-1/p-1. The van der Waals surface area contributed by atoms with Crippen molar-refractivity contribution in [1.29, 1.82) is 0 Å². The third-order valence-electron chi connectivity index (χ3n) is 0.357. The second-order valence-corrected chi connectivity index (χ2v) is 3.79. The topological polar surface area (TPSA) is 158 Å². The first-order valence-corrected chi connectivity index (χ1v) is 5.71. The van der Waals surface area contributed by atoms with Gasteiger partial charge in [0.05, 0.1) is 0 Å². The molecule has 0 heterocycles. The molecule has 0 saturated heterocycles. The van der Waals surface area contributed by atoms with Crippen LogP contribution in [0.2, 0.25) is 0 Å². The predicted octanol–water partition coefficient (Wildman–Crippen LogP) is -14.8. The maximum atomic E-state index is 9.45. The van der Waals surface area contributed by atoms with Gasteiger partial charge in [0, 0.05) is 6.10 Å². The van der Waals surface area contributed by atoms with E-state index in [1.165, 1.54) is 6.92 Å². The third-order valence-corrected chi connectivity index (χ3v) is 0.357. The first kappa shape index (κ1) is 43.0. The van der Waals surface area contributed by atoms with Gasteiger partial charge in [-0.25, -0.2) is 4.79 Å². The van der Waals surface area contributed by atoms with Gasteiger partial charge in [-0.2, -0.15) is 0 Å². The monoisotopic (exact) mass is 370 g/mol. The molecule has 3 N–H and O–H groups in total.